The molecule has 0 bridgehead atoms. The van der Waals surface area contributed by atoms with Crippen molar-refractivity contribution in [2.45, 2.75) is 33.4 Å². The molecule has 0 radical (unpaired) electrons. The van der Waals surface area contributed by atoms with Crippen molar-refractivity contribution in [3.05, 3.63) is 35.5 Å². The SMILES string of the molecule is CCCOc1ccc(CN)c(OCc2noc(C)n2)c1. The van der Waals surface area contributed by atoms with Gasteiger partial charge in [-0.25, -0.2) is 0 Å². The summed E-state index contributed by atoms with van der Waals surface area (Å²) in [5, 5.41) is 3.78. The summed E-state index contributed by atoms with van der Waals surface area (Å²) >= 11 is 0. The van der Waals surface area contributed by atoms with E-state index < -0.39 is 0 Å². The number of nitrogens with two attached hydrogens (primary N) is 1. The van der Waals surface area contributed by atoms with Crippen molar-refractivity contribution in [2.24, 2.45) is 5.73 Å². The topological polar surface area (TPSA) is 83.4 Å². The first-order valence-corrected chi connectivity index (χ1v) is 6.60. The second kappa shape index (κ2) is 6.91. The van der Waals surface area contributed by atoms with Crippen LogP contribution >= 0.6 is 0 Å². The molecule has 2 rings (SSSR count). The van der Waals surface area contributed by atoms with Crippen molar-refractivity contribution in [2.75, 3.05) is 6.61 Å². The highest BCUT2D eigenvalue weighted by Crippen LogP contribution is 2.25. The molecule has 108 valence electrons. The van der Waals surface area contributed by atoms with Gasteiger partial charge in [0.2, 0.25) is 11.7 Å². The van der Waals surface area contributed by atoms with Crippen LogP contribution in [0.25, 0.3) is 0 Å². The number of ether oxygens (including phenoxy) is 2. The Morgan fingerprint density at radius 3 is 2.80 bits per heavy atom. The smallest absolute Gasteiger partial charge is 0.223 e. The molecule has 1 aromatic heterocycles. The number of benzene rings is 1. The zero-order valence-corrected chi connectivity index (χ0v) is 11.8. The Kier molecular flexibility index (Phi) is 4.95. The first-order valence-electron chi connectivity index (χ1n) is 6.60. The fraction of sp³-hybridized carbons (Fsp3) is 0.429. The van der Waals surface area contributed by atoms with Gasteiger partial charge < -0.3 is 19.7 Å². The number of aryl methyl sites for hydroxylation is 1. The predicted molar refractivity (Wildman–Crippen MR) is 73.5 cm³/mol. The molecule has 0 fully saturated rings. The highest BCUT2D eigenvalue weighted by atomic mass is 16.5. The van der Waals surface area contributed by atoms with Gasteiger partial charge in [-0.2, -0.15) is 4.98 Å². The number of hydrogen-bond donors (Lipinski definition) is 1. The van der Waals surface area contributed by atoms with Gasteiger partial charge in [0, 0.05) is 25.1 Å². The van der Waals surface area contributed by atoms with E-state index in [2.05, 4.69) is 17.1 Å². The van der Waals surface area contributed by atoms with Crippen molar-refractivity contribution >= 4 is 0 Å². The summed E-state index contributed by atoms with van der Waals surface area (Å²) < 4.78 is 16.2. The van der Waals surface area contributed by atoms with Gasteiger partial charge in [0.25, 0.3) is 0 Å². The van der Waals surface area contributed by atoms with Gasteiger partial charge in [-0.1, -0.05) is 18.1 Å². The van der Waals surface area contributed by atoms with Crippen LogP contribution in [0.2, 0.25) is 0 Å². The maximum absolute atomic E-state index is 5.70. The molecule has 0 saturated heterocycles. The summed E-state index contributed by atoms with van der Waals surface area (Å²) in [6.45, 7) is 5.10. The number of rotatable bonds is 7. The third kappa shape index (κ3) is 3.71. The van der Waals surface area contributed by atoms with Crippen LogP contribution in [-0.2, 0) is 13.2 Å². The molecule has 2 aromatic rings. The van der Waals surface area contributed by atoms with Gasteiger partial charge in [0.15, 0.2) is 6.61 Å². The Morgan fingerprint density at radius 2 is 2.15 bits per heavy atom. The fourth-order valence-corrected chi connectivity index (χ4v) is 1.69. The van der Waals surface area contributed by atoms with E-state index in [-0.39, 0.29) is 6.61 Å². The molecule has 6 heteroatoms. The van der Waals surface area contributed by atoms with Gasteiger partial charge in [0.05, 0.1) is 6.61 Å². The van der Waals surface area contributed by atoms with Crippen LogP contribution in [0, 0.1) is 6.92 Å². The Hall–Kier alpha value is -2.08. The standard InChI is InChI=1S/C14H19N3O3/c1-3-6-18-12-5-4-11(8-15)13(7-12)19-9-14-16-10(2)20-17-14/h4-5,7H,3,6,8-9,15H2,1-2H3. The number of hydrogen-bond acceptors (Lipinski definition) is 6. The normalized spacial score (nSPS) is 10.6. The van der Waals surface area contributed by atoms with Crippen LogP contribution in [0.5, 0.6) is 11.5 Å². The van der Waals surface area contributed by atoms with Gasteiger partial charge >= 0.3 is 0 Å². The Labute approximate surface area is 117 Å². The van der Waals surface area contributed by atoms with Crippen LogP contribution in [0.4, 0.5) is 0 Å². The molecule has 0 unspecified atom stereocenters. The number of nitrogens with zero attached hydrogens (tertiary/aromatic N) is 2. The van der Waals surface area contributed by atoms with Crippen LogP contribution in [-0.4, -0.2) is 16.7 Å². The third-order valence-corrected chi connectivity index (χ3v) is 2.66. The molecular weight excluding hydrogens is 258 g/mol. The molecule has 2 N–H and O–H groups in total. The van der Waals surface area contributed by atoms with Crippen LogP contribution < -0.4 is 15.2 Å². The average molecular weight is 277 g/mol. The first-order chi connectivity index (χ1) is 9.72. The highest BCUT2D eigenvalue weighted by Gasteiger charge is 2.08. The summed E-state index contributed by atoms with van der Waals surface area (Å²) in [4.78, 5) is 4.09. The Morgan fingerprint density at radius 1 is 1.30 bits per heavy atom. The quantitative estimate of drug-likeness (QED) is 0.835. The van der Waals surface area contributed by atoms with E-state index in [9.17, 15) is 0 Å². The molecule has 0 atom stereocenters. The summed E-state index contributed by atoms with van der Waals surface area (Å²) in [6.07, 6.45) is 0.955. The first kappa shape index (κ1) is 14.3. The largest absolute Gasteiger partial charge is 0.493 e. The summed E-state index contributed by atoms with van der Waals surface area (Å²) in [5.41, 5.74) is 6.61. The molecule has 0 saturated carbocycles. The minimum atomic E-state index is 0.238. The summed E-state index contributed by atoms with van der Waals surface area (Å²) in [7, 11) is 0. The zero-order valence-electron chi connectivity index (χ0n) is 11.8. The van der Waals surface area contributed by atoms with Crippen LogP contribution in [0.3, 0.4) is 0 Å². The van der Waals surface area contributed by atoms with Gasteiger partial charge in [-0.05, 0) is 12.5 Å². The Balaban J connectivity index is 2.07. The monoisotopic (exact) mass is 277 g/mol. The molecular formula is C14H19N3O3. The lowest BCUT2D eigenvalue weighted by Gasteiger charge is -2.11. The highest BCUT2D eigenvalue weighted by molar-refractivity contribution is 5.40. The van der Waals surface area contributed by atoms with E-state index in [1.54, 1.807) is 6.92 Å². The van der Waals surface area contributed by atoms with Crippen molar-refractivity contribution < 1.29 is 14.0 Å². The van der Waals surface area contributed by atoms with E-state index >= 15 is 0 Å². The molecule has 20 heavy (non-hydrogen) atoms. The van der Waals surface area contributed by atoms with E-state index in [1.807, 2.05) is 18.2 Å². The average Bonchev–Trinajstić information content (AvgIpc) is 2.88. The zero-order chi connectivity index (χ0) is 14.4. The maximum Gasteiger partial charge on any atom is 0.223 e. The lowest BCUT2D eigenvalue weighted by Crippen LogP contribution is -2.04. The lowest BCUT2D eigenvalue weighted by molar-refractivity contribution is 0.277. The maximum atomic E-state index is 5.70. The van der Waals surface area contributed by atoms with E-state index in [4.69, 9.17) is 19.7 Å². The number of aromatic nitrogens is 2. The molecule has 6 nitrogen and oxygen atoms in total. The minimum absolute atomic E-state index is 0.238. The van der Waals surface area contributed by atoms with Gasteiger partial charge in [-0.3, -0.25) is 0 Å². The second-order valence-electron chi connectivity index (χ2n) is 4.34. The lowest BCUT2D eigenvalue weighted by atomic mass is 10.2. The van der Waals surface area contributed by atoms with Crippen molar-refractivity contribution in [3.63, 3.8) is 0 Å². The summed E-state index contributed by atoms with van der Waals surface area (Å²) in [5.74, 6) is 2.47. The van der Waals surface area contributed by atoms with Crippen molar-refractivity contribution in [1.29, 1.82) is 0 Å². The fourth-order valence-electron chi connectivity index (χ4n) is 1.69. The van der Waals surface area contributed by atoms with E-state index in [1.165, 1.54) is 0 Å². The molecule has 0 amide bonds. The van der Waals surface area contributed by atoms with Crippen LogP contribution in [0.1, 0.15) is 30.6 Å². The van der Waals surface area contributed by atoms with Crippen LogP contribution in [0.15, 0.2) is 22.7 Å². The minimum Gasteiger partial charge on any atom is -0.493 e. The van der Waals surface area contributed by atoms with Gasteiger partial charge in [0.1, 0.15) is 11.5 Å². The predicted octanol–water partition coefficient (Wildman–Crippen LogP) is 2.20. The molecule has 0 aliphatic rings. The van der Waals surface area contributed by atoms with E-state index in [0.717, 1.165) is 17.7 Å². The Bertz CT molecular complexity index is 554. The molecule has 0 aliphatic heterocycles. The molecule has 0 aliphatic carbocycles. The van der Waals surface area contributed by atoms with Crippen molar-refractivity contribution in [1.82, 2.24) is 10.1 Å². The molecule has 1 heterocycles. The van der Waals surface area contributed by atoms with E-state index in [0.29, 0.717) is 30.6 Å². The molecule has 1 aromatic carbocycles. The molecule has 0 spiro atoms. The summed E-state index contributed by atoms with van der Waals surface area (Å²) in [6, 6.07) is 5.63. The van der Waals surface area contributed by atoms with Crippen molar-refractivity contribution in [3.8, 4) is 11.5 Å². The second-order valence-corrected chi connectivity index (χ2v) is 4.34. The van der Waals surface area contributed by atoms with Gasteiger partial charge in [-0.15, -0.1) is 0 Å². The third-order valence-electron chi connectivity index (χ3n) is 2.66.